The second-order valence-electron chi connectivity index (χ2n) is 5.85. The summed E-state index contributed by atoms with van der Waals surface area (Å²) in [4.78, 5) is 0. The molecular formula is C19H24O2. The fourth-order valence-corrected chi connectivity index (χ4v) is 2.64. The van der Waals surface area contributed by atoms with Gasteiger partial charge in [0.15, 0.2) is 0 Å². The summed E-state index contributed by atoms with van der Waals surface area (Å²) in [5, 5.41) is 10.7. The number of aliphatic hydroxyl groups excluding tert-OH is 1. The molecule has 0 aromatic heterocycles. The van der Waals surface area contributed by atoms with Crippen molar-refractivity contribution in [3.8, 4) is 0 Å². The highest BCUT2D eigenvalue weighted by molar-refractivity contribution is 5.29. The normalized spacial score (nSPS) is 14.1. The Kier molecular flexibility index (Phi) is 5.54. The molecule has 2 aromatic carbocycles. The minimum absolute atomic E-state index is 0.347. The molecule has 2 heteroatoms. The fourth-order valence-electron chi connectivity index (χ4n) is 2.64. The van der Waals surface area contributed by atoms with Gasteiger partial charge in [0.25, 0.3) is 0 Å². The number of benzene rings is 2. The Balaban J connectivity index is 2.23. The Morgan fingerprint density at radius 2 is 1.62 bits per heavy atom. The summed E-state index contributed by atoms with van der Waals surface area (Å²) in [6.07, 6.45) is 0.00816. The van der Waals surface area contributed by atoms with Gasteiger partial charge in [0.05, 0.1) is 0 Å². The number of rotatable bonds is 6. The van der Waals surface area contributed by atoms with Gasteiger partial charge in [0.1, 0.15) is 12.2 Å². The molecule has 2 nitrogen and oxygen atoms in total. The summed E-state index contributed by atoms with van der Waals surface area (Å²) in [5.74, 6) is 0.602. The largest absolute Gasteiger partial charge is 0.385 e. The van der Waals surface area contributed by atoms with Gasteiger partial charge in [-0.1, -0.05) is 68.4 Å². The Hall–Kier alpha value is -1.64. The van der Waals surface area contributed by atoms with Gasteiger partial charge in [0, 0.05) is 7.11 Å². The summed E-state index contributed by atoms with van der Waals surface area (Å²) >= 11 is 0. The lowest BCUT2D eigenvalue weighted by molar-refractivity contribution is -0.0149. The monoisotopic (exact) mass is 284 g/mol. The molecule has 2 unspecified atom stereocenters. The van der Waals surface area contributed by atoms with Crippen LogP contribution in [0.15, 0.2) is 54.6 Å². The average molecular weight is 284 g/mol. The van der Waals surface area contributed by atoms with Crippen LogP contribution in [0.2, 0.25) is 0 Å². The van der Waals surface area contributed by atoms with Gasteiger partial charge in [-0.3, -0.25) is 0 Å². The summed E-state index contributed by atoms with van der Waals surface area (Å²) in [5.41, 5.74) is 3.15. The maximum absolute atomic E-state index is 10.7. The zero-order valence-corrected chi connectivity index (χ0v) is 13.0. The Bertz CT molecular complexity index is 549. The van der Waals surface area contributed by atoms with E-state index in [1.54, 1.807) is 7.11 Å². The molecule has 0 saturated heterocycles. The topological polar surface area (TPSA) is 29.5 Å². The SMILES string of the molecule is COC(c1ccccc1)C(O)c1cccc(CC(C)C)c1. The minimum Gasteiger partial charge on any atom is -0.385 e. The molecule has 2 rings (SSSR count). The van der Waals surface area contributed by atoms with Crippen LogP contribution in [0.3, 0.4) is 0 Å². The van der Waals surface area contributed by atoms with Gasteiger partial charge in [-0.2, -0.15) is 0 Å². The maximum Gasteiger partial charge on any atom is 0.112 e. The molecule has 0 aliphatic rings. The quantitative estimate of drug-likeness (QED) is 0.856. The third-order valence-electron chi connectivity index (χ3n) is 3.61. The third kappa shape index (κ3) is 4.16. The van der Waals surface area contributed by atoms with Crippen molar-refractivity contribution < 1.29 is 9.84 Å². The van der Waals surface area contributed by atoms with Gasteiger partial charge >= 0.3 is 0 Å². The highest BCUT2D eigenvalue weighted by atomic mass is 16.5. The zero-order valence-electron chi connectivity index (χ0n) is 13.0. The minimum atomic E-state index is -0.662. The molecular weight excluding hydrogens is 260 g/mol. The van der Waals surface area contributed by atoms with Crippen molar-refractivity contribution in [3.63, 3.8) is 0 Å². The second-order valence-corrected chi connectivity index (χ2v) is 5.85. The van der Waals surface area contributed by atoms with Crippen LogP contribution in [-0.2, 0) is 11.2 Å². The number of hydrogen-bond donors (Lipinski definition) is 1. The molecule has 0 aliphatic heterocycles. The van der Waals surface area contributed by atoms with Gasteiger partial charge in [-0.15, -0.1) is 0 Å². The first-order chi connectivity index (χ1) is 10.1. The van der Waals surface area contributed by atoms with Crippen molar-refractivity contribution in [2.45, 2.75) is 32.5 Å². The summed E-state index contributed by atoms with van der Waals surface area (Å²) in [6, 6.07) is 18.0. The molecule has 0 spiro atoms. The molecule has 0 bridgehead atoms. The Morgan fingerprint density at radius 1 is 0.952 bits per heavy atom. The van der Waals surface area contributed by atoms with E-state index < -0.39 is 6.10 Å². The number of ether oxygens (including phenoxy) is 1. The molecule has 2 atom stereocenters. The molecule has 0 fully saturated rings. The fraction of sp³-hybridized carbons (Fsp3) is 0.368. The first kappa shape index (κ1) is 15.7. The summed E-state index contributed by atoms with van der Waals surface area (Å²) in [6.45, 7) is 4.40. The van der Waals surface area contributed by atoms with E-state index in [1.807, 2.05) is 42.5 Å². The van der Waals surface area contributed by atoms with E-state index in [0.29, 0.717) is 5.92 Å². The van der Waals surface area contributed by atoms with Crippen LogP contribution < -0.4 is 0 Å². The van der Waals surface area contributed by atoms with Crippen LogP contribution in [0.1, 0.15) is 42.7 Å². The van der Waals surface area contributed by atoms with Crippen molar-refractivity contribution in [1.82, 2.24) is 0 Å². The lowest BCUT2D eigenvalue weighted by atomic mass is 9.95. The number of methoxy groups -OCH3 is 1. The van der Waals surface area contributed by atoms with E-state index in [2.05, 4.69) is 26.0 Å². The molecule has 0 aliphatic carbocycles. The van der Waals surface area contributed by atoms with Crippen LogP contribution >= 0.6 is 0 Å². The first-order valence-corrected chi connectivity index (χ1v) is 7.46. The molecule has 0 radical (unpaired) electrons. The van der Waals surface area contributed by atoms with Crippen molar-refractivity contribution in [1.29, 1.82) is 0 Å². The second kappa shape index (κ2) is 7.39. The summed E-state index contributed by atoms with van der Waals surface area (Å²) in [7, 11) is 1.64. The number of hydrogen-bond acceptors (Lipinski definition) is 2. The van der Waals surface area contributed by atoms with E-state index in [1.165, 1.54) is 5.56 Å². The average Bonchev–Trinajstić information content (AvgIpc) is 2.48. The van der Waals surface area contributed by atoms with Crippen molar-refractivity contribution in [2.75, 3.05) is 7.11 Å². The molecule has 1 N–H and O–H groups in total. The van der Waals surface area contributed by atoms with E-state index in [0.717, 1.165) is 17.5 Å². The summed E-state index contributed by atoms with van der Waals surface area (Å²) < 4.78 is 5.52. The van der Waals surface area contributed by atoms with E-state index in [9.17, 15) is 5.11 Å². The molecule has 0 amide bonds. The van der Waals surface area contributed by atoms with E-state index in [-0.39, 0.29) is 6.10 Å². The van der Waals surface area contributed by atoms with E-state index in [4.69, 9.17) is 4.74 Å². The Labute approximate surface area is 127 Å². The predicted octanol–water partition coefficient (Wildman–Crippen LogP) is 4.31. The third-order valence-corrected chi connectivity index (χ3v) is 3.61. The van der Waals surface area contributed by atoms with Crippen molar-refractivity contribution in [2.24, 2.45) is 5.92 Å². The molecule has 21 heavy (non-hydrogen) atoms. The van der Waals surface area contributed by atoms with Gasteiger partial charge in [0.2, 0.25) is 0 Å². The van der Waals surface area contributed by atoms with Crippen LogP contribution in [0.5, 0.6) is 0 Å². The van der Waals surface area contributed by atoms with Crippen molar-refractivity contribution in [3.05, 3.63) is 71.3 Å². The first-order valence-electron chi connectivity index (χ1n) is 7.46. The van der Waals surface area contributed by atoms with Crippen LogP contribution in [-0.4, -0.2) is 12.2 Å². The molecule has 112 valence electrons. The zero-order chi connectivity index (χ0) is 15.2. The van der Waals surface area contributed by atoms with Gasteiger partial charge < -0.3 is 9.84 Å². The van der Waals surface area contributed by atoms with Crippen LogP contribution in [0, 0.1) is 5.92 Å². The molecule has 2 aromatic rings. The predicted molar refractivity (Wildman–Crippen MR) is 86.1 cm³/mol. The lowest BCUT2D eigenvalue weighted by Crippen LogP contribution is -2.13. The number of aliphatic hydroxyl groups is 1. The maximum atomic E-state index is 10.7. The molecule has 0 saturated carbocycles. The molecule has 0 heterocycles. The van der Waals surface area contributed by atoms with Gasteiger partial charge in [-0.05, 0) is 29.0 Å². The van der Waals surface area contributed by atoms with E-state index >= 15 is 0 Å². The highest BCUT2D eigenvalue weighted by Gasteiger charge is 2.22. The highest BCUT2D eigenvalue weighted by Crippen LogP contribution is 2.31. The lowest BCUT2D eigenvalue weighted by Gasteiger charge is -2.23. The Morgan fingerprint density at radius 3 is 2.24 bits per heavy atom. The van der Waals surface area contributed by atoms with Crippen LogP contribution in [0.4, 0.5) is 0 Å². The smallest absolute Gasteiger partial charge is 0.112 e. The van der Waals surface area contributed by atoms with Crippen LogP contribution in [0.25, 0.3) is 0 Å². The standard InChI is InChI=1S/C19H24O2/c1-14(2)12-15-8-7-11-17(13-15)18(20)19(21-3)16-9-5-4-6-10-16/h4-11,13-14,18-20H,12H2,1-3H3. The van der Waals surface area contributed by atoms with Crippen molar-refractivity contribution >= 4 is 0 Å². The van der Waals surface area contributed by atoms with Gasteiger partial charge in [-0.25, -0.2) is 0 Å².